The fraction of sp³-hybridized carbons (Fsp3) is 0.571. The Kier molecular flexibility index (Phi) is 5.08. The van der Waals surface area contributed by atoms with Gasteiger partial charge in [0, 0.05) is 18.2 Å². The average Bonchev–Trinajstić information content (AvgIpc) is 2.25. The first-order valence-electron chi connectivity index (χ1n) is 6.07. The van der Waals surface area contributed by atoms with Crippen LogP contribution in [0.5, 0.6) is 5.75 Å². The second-order valence-corrected chi connectivity index (χ2v) is 5.58. The van der Waals surface area contributed by atoms with Crippen LogP contribution in [0.4, 0.5) is 8.78 Å². The highest BCUT2D eigenvalue weighted by Gasteiger charge is 2.16. The molecule has 0 aliphatic rings. The van der Waals surface area contributed by atoms with Crippen molar-refractivity contribution in [2.24, 2.45) is 5.41 Å². The van der Waals surface area contributed by atoms with E-state index in [-0.39, 0.29) is 17.2 Å². The molecule has 102 valence electrons. The molecule has 0 spiro atoms. The first-order chi connectivity index (χ1) is 8.29. The highest BCUT2D eigenvalue weighted by Crippen LogP contribution is 2.26. The van der Waals surface area contributed by atoms with Gasteiger partial charge < -0.3 is 10.1 Å². The molecule has 0 aromatic heterocycles. The number of rotatable bonds is 5. The van der Waals surface area contributed by atoms with E-state index >= 15 is 0 Å². The van der Waals surface area contributed by atoms with E-state index in [0.717, 1.165) is 12.1 Å². The molecule has 1 atom stereocenters. The first-order valence-corrected chi connectivity index (χ1v) is 6.07. The van der Waals surface area contributed by atoms with Crippen molar-refractivity contribution in [3.05, 3.63) is 29.8 Å². The van der Waals surface area contributed by atoms with Gasteiger partial charge in [0.25, 0.3) is 0 Å². The van der Waals surface area contributed by atoms with E-state index in [2.05, 4.69) is 30.8 Å². The van der Waals surface area contributed by atoms with Crippen molar-refractivity contribution in [3.8, 4) is 5.75 Å². The van der Waals surface area contributed by atoms with Crippen molar-refractivity contribution in [3.63, 3.8) is 0 Å². The highest BCUT2D eigenvalue weighted by molar-refractivity contribution is 5.35. The molecule has 0 amide bonds. The van der Waals surface area contributed by atoms with Gasteiger partial charge in [0.05, 0.1) is 0 Å². The normalized spacial score (nSPS) is 13.7. The van der Waals surface area contributed by atoms with Gasteiger partial charge in [-0.15, -0.1) is 0 Å². The van der Waals surface area contributed by atoms with Gasteiger partial charge in [0.2, 0.25) is 0 Å². The number of para-hydroxylation sites is 1. The zero-order valence-electron chi connectivity index (χ0n) is 11.3. The van der Waals surface area contributed by atoms with Crippen molar-refractivity contribution in [1.82, 2.24) is 5.32 Å². The Morgan fingerprint density at radius 3 is 2.39 bits per heavy atom. The quantitative estimate of drug-likeness (QED) is 0.861. The smallest absolute Gasteiger partial charge is 0.387 e. The van der Waals surface area contributed by atoms with Crippen molar-refractivity contribution in [2.45, 2.75) is 40.3 Å². The Bertz CT molecular complexity index is 374. The van der Waals surface area contributed by atoms with Gasteiger partial charge in [-0.1, -0.05) is 39.0 Å². The van der Waals surface area contributed by atoms with Crippen LogP contribution in [0.25, 0.3) is 0 Å². The van der Waals surface area contributed by atoms with Crippen LogP contribution in [0.3, 0.4) is 0 Å². The van der Waals surface area contributed by atoms with E-state index < -0.39 is 6.61 Å². The maximum Gasteiger partial charge on any atom is 0.387 e. The Hall–Kier alpha value is -1.16. The van der Waals surface area contributed by atoms with Crippen molar-refractivity contribution in [1.29, 1.82) is 0 Å². The largest absolute Gasteiger partial charge is 0.434 e. The molecule has 0 aliphatic carbocycles. The van der Waals surface area contributed by atoms with Crippen LogP contribution in [0.1, 0.15) is 39.3 Å². The van der Waals surface area contributed by atoms with E-state index in [1.54, 1.807) is 18.2 Å². The molecule has 0 radical (unpaired) electrons. The summed E-state index contributed by atoms with van der Waals surface area (Å²) >= 11 is 0. The summed E-state index contributed by atoms with van der Waals surface area (Å²) in [6, 6.07) is 6.86. The van der Waals surface area contributed by atoms with Crippen molar-refractivity contribution in [2.75, 3.05) is 6.54 Å². The van der Waals surface area contributed by atoms with Crippen molar-refractivity contribution >= 4 is 0 Å². The van der Waals surface area contributed by atoms with Crippen LogP contribution < -0.4 is 10.1 Å². The molecule has 1 N–H and O–H groups in total. The Morgan fingerprint density at radius 1 is 1.22 bits per heavy atom. The first kappa shape index (κ1) is 14.9. The number of alkyl halides is 2. The summed E-state index contributed by atoms with van der Waals surface area (Å²) in [7, 11) is 0. The Morgan fingerprint density at radius 2 is 1.83 bits per heavy atom. The lowest BCUT2D eigenvalue weighted by molar-refractivity contribution is -0.0506. The van der Waals surface area contributed by atoms with Crippen LogP contribution in [0, 0.1) is 5.41 Å². The third-order valence-electron chi connectivity index (χ3n) is 2.54. The summed E-state index contributed by atoms with van der Waals surface area (Å²) in [4.78, 5) is 0. The number of hydrogen-bond donors (Lipinski definition) is 1. The Labute approximate surface area is 107 Å². The number of halogens is 2. The van der Waals surface area contributed by atoms with Crippen LogP contribution in [0.2, 0.25) is 0 Å². The maximum absolute atomic E-state index is 12.3. The molecule has 0 aliphatic heterocycles. The second-order valence-electron chi connectivity index (χ2n) is 5.58. The van der Waals surface area contributed by atoms with Gasteiger partial charge >= 0.3 is 6.61 Å². The molecule has 0 saturated carbocycles. The van der Waals surface area contributed by atoms with E-state index in [1.807, 2.05) is 13.0 Å². The summed E-state index contributed by atoms with van der Waals surface area (Å²) < 4.78 is 29.1. The standard InChI is InChI=1S/C14H21F2NO/c1-10(17-9-14(2,3)4)11-7-5-6-8-12(11)18-13(15)16/h5-8,10,13,17H,9H2,1-4H3. The summed E-state index contributed by atoms with van der Waals surface area (Å²) in [5.41, 5.74) is 0.898. The summed E-state index contributed by atoms with van der Waals surface area (Å²) in [6.07, 6.45) is 0. The molecule has 1 unspecified atom stereocenters. The molecule has 0 saturated heterocycles. The van der Waals surface area contributed by atoms with Gasteiger partial charge in [-0.3, -0.25) is 0 Å². The van der Waals surface area contributed by atoms with Crippen molar-refractivity contribution < 1.29 is 13.5 Å². The average molecular weight is 257 g/mol. The molecule has 1 aromatic carbocycles. The molecule has 18 heavy (non-hydrogen) atoms. The monoisotopic (exact) mass is 257 g/mol. The predicted octanol–water partition coefficient (Wildman–Crippen LogP) is 3.98. The number of ether oxygens (including phenoxy) is 1. The van der Waals surface area contributed by atoms with Gasteiger partial charge in [0.1, 0.15) is 5.75 Å². The lowest BCUT2D eigenvalue weighted by atomic mass is 9.96. The van der Waals surface area contributed by atoms with Gasteiger partial charge in [0.15, 0.2) is 0 Å². The molecule has 0 heterocycles. The molecule has 4 heteroatoms. The minimum absolute atomic E-state index is 0.0285. The summed E-state index contributed by atoms with van der Waals surface area (Å²) in [5.74, 6) is 0.237. The van der Waals surface area contributed by atoms with Gasteiger partial charge in [-0.25, -0.2) is 0 Å². The predicted molar refractivity (Wildman–Crippen MR) is 68.9 cm³/mol. The lowest BCUT2D eigenvalue weighted by Crippen LogP contribution is -2.29. The third-order valence-corrected chi connectivity index (χ3v) is 2.54. The van der Waals surface area contributed by atoms with Crippen LogP contribution in [-0.2, 0) is 0 Å². The molecule has 0 fully saturated rings. The molecular formula is C14H21F2NO. The molecule has 1 rings (SSSR count). The van der Waals surface area contributed by atoms with Gasteiger partial charge in [-0.05, 0) is 18.4 Å². The number of hydrogen-bond acceptors (Lipinski definition) is 2. The Balaban J connectivity index is 2.75. The molecular weight excluding hydrogens is 236 g/mol. The zero-order chi connectivity index (χ0) is 13.8. The topological polar surface area (TPSA) is 21.3 Å². The highest BCUT2D eigenvalue weighted by atomic mass is 19.3. The second kappa shape index (κ2) is 6.14. The molecule has 2 nitrogen and oxygen atoms in total. The fourth-order valence-corrected chi connectivity index (χ4v) is 1.61. The van der Waals surface area contributed by atoms with E-state index in [0.29, 0.717) is 0 Å². The summed E-state index contributed by atoms with van der Waals surface area (Å²) in [6.45, 7) is 6.31. The van der Waals surface area contributed by atoms with Crippen LogP contribution >= 0.6 is 0 Å². The minimum Gasteiger partial charge on any atom is -0.434 e. The third kappa shape index (κ3) is 5.00. The fourth-order valence-electron chi connectivity index (χ4n) is 1.61. The number of benzene rings is 1. The van der Waals surface area contributed by atoms with Crippen LogP contribution in [0.15, 0.2) is 24.3 Å². The molecule has 1 aromatic rings. The SMILES string of the molecule is CC(NCC(C)(C)C)c1ccccc1OC(F)F. The lowest BCUT2D eigenvalue weighted by Gasteiger charge is -2.24. The molecule has 0 bridgehead atoms. The minimum atomic E-state index is -2.79. The maximum atomic E-state index is 12.3. The van der Waals surface area contributed by atoms with E-state index in [4.69, 9.17) is 0 Å². The number of nitrogens with one attached hydrogen (secondary N) is 1. The van der Waals surface area contributed by atoms with Crippen LogP contribution in [-0.4, -0.2) is 13.2 Å². The summed E-state index contributed by atoms with van der Waals surface area (Å²) in [5, 5.41) is 3.33. The van der Waals surface area contributed by atoms with E-state index in [1.165, 1.54) is 0 Å². The zero-order valence-corrected chi connectivity index (χ0v) is 11.3. The van der Waals surface area contributed by atoms with E-state index in [9.17, 15) is 8.78 Å². The van der Waals surface area contributed by atoms with Gasteiger partial charge in [-0.2, -0.15) is 8.78 Å².